The molecular formula is C12H23NO. The summed E-state index contributed by atoms with van der Waals surface area (Å²) in [6.07, 6.45) is 10.8. The Bertz CT molecular complexity index is 162. The van der Waals surface area contributed by atoms with Crippen molar-refractivity contribution in [3.63, 3.8) is 0 Å². The van der Waals surface area contributed by atoms with Crippen molar-refractivity contribution < 1.29 is 4.74 Å². The summed E-state index contributed by atoms with van der Waals surface area (Å²) in [6.45, 7) is 2.18. The first-order valence-corrected chi connectivity index (χ1v) is 5.43. The highest BCUT2D eigenvalue weighted by molar-refractivity contribution is 4.85. The van der Waals surface area contributed by atoms with E-state index in [1.165, 1.54) is 0 Å². The third kappa shape index (κ3) is 5.26. The summed E-state index contributed by atoms with van der Waals surface area (Å²) in [6, 6.07) is 0.438. The summed E-state index contributed by atoms with van der Waals surface area (Å²) in [5, 5.41) is 3.30. The van der Waals surface area contributed by atoms with E-state index in [2.05, 4.69) is 18.2 Å². The average Bonchev–Trinajstić information content (AvgIpc) is 2.22. The van der Waals surface area contributed by atoms with Gasteiger partial charge in [0, 0.05) is 19.6 Å². The zero-order valence-corrected chi connectivity index (χ0v) is 9.68. The van der Waals surface area contributed by atoms with Crippen LogP contribution < -0.4 is 5.32 Å². The normalized spacial score (nSPS) is 14.7. The van der Waals surface area contributed by atoms with Crippen molar-refractivity contribution in [2.75, 3.05) is 14.2 Å². The van der Waals surface area contributed by atoms with Gasteiger partial charge in [-0.15, -0.1) is 12.3 Å². The molecule has 0 heterocycles. The fourth-order valence-corrected chi connectivity index (χ4v) is 1.71. The highest BCUT2D eigenvalue weighted by Crippen LogP contribution is 2.12. The van der Waals surface area contributed by atoms with E-state index in [1.54, 1.807) is 7.11 Å². The molecule has 0 aliphatic rings. The first-order chi connectivity index (χ1) is 6.79. The Hall–Kier alpha value is -0.520. The van der Waals surface area contributed by atoms with E-state index in [-0.39, 0.29) is 0 Å². The monoisotopic (exact) mass is 197 g/mol. The van der Waals surface area contributed by atoms with Crippen LogP contribution in [0, 0.1) is 12.3 Å². The molecule has 0 saturated carbocycles. The van der Waals surface area contributed by atoms with Gasteiger partial charge in [-0.1, -0.05) is 13.3 Å². The highest BCUT2D eigenvalue weighted by Gasteiger charge is 2.17. The smallest absolute Gasteiger partial charge is 0.0724 e. The van der Waals surface area contributed by atoms with E-state index in [1.807, 2.05) is 7.05 Å². The van der Waals surface area contributed by atoms with Gasteiger partial charge in [-0.05, 0) is 26.3 Å². The zero-order valence-electron chi connectivity index (χ0n) is 9.68. The van der Waals surface area contributed by atoms with Crippen LogP contribution in [0.5, 0.6) is 0 Å². The van der Waals surface area contributed by atoms with E-state index >= 15 is 0 Å². The molecule has 2 unspecified atom stereocenters. The summed E-state index contributed by atoms with van der Waals surface area (Å²) in [4.78, 5) is 0. The molecule has 0 fully saturated rings. The lowest BCUT2D eigenvalue weighted by Crippen LogP contribution is -2.38. The van der Waals surface area contributed by atoms with E-state index in [0.717, 1.165) is 32.1 Å². The molecule has 0 radical (unpaired) electrons. The molecule has 14 heavy (non-hydrogen) atoms. The van der Waals surface area contributed by atoms with Crippen molar-refractivity contribution in [3.05, 3.63) is 0 Å². The number of hydrogen-bond donors (Lipinski definition) is 1. The molecule has 1 N–H and O–H groups in total. The number of methoxy groups -OCH3 is 1. The molecule has 2 nitrogen and oxygen atoms in total. The Labute approximate surface area is 88.4 Å². The van der Waals surface area contributed by atoms with Crippen LogP contribution in [0.4, 0.5) is 0 Å². The van der Waals surface area contributed by atoms with Crippen molar-refractivity contribution in [2.45, 2.75) is 51.2 Å². The maximum absolute atomic E-state index is 5.46. The van der Waals surface area contributed by atoms with Crippen molar-refractivity contribution in [1.29, 1.82) is 0 Å². The molecule has 0 rings (SSSR count). The highest BCUT2D eigenvalue weighted by atomic mass is 16.5. The van der Waals surface area contributed by atoms with Crippen LogP contribution in [0.25, 0.3) is 0 Å². The standard InChI is InChI=1S/C12H23NO/c1-5-7-8-10-11(13-3)12(14-4)9-6-2/h1,11-13H,6-10H2,2-4H3. The number of ether oxygens (including phenoxy) is 1. The fraction of sp³-hybridized carbons (Fsp3) is 0.833. The fourth-order valence-electron chi connectivity index (χ4n) is 1.71. The van der Waals surface area contributed by atoms with Gasteiger partial charge in [0.25, 0.3) is 0 Å². The van der Waals surface area contributed by atoms with Crippen LogP contribution in [0.3, 0.4) is 0 Å². The van der Waals surface area contributed by atoms with Gasteiger partial charge in [0.05, 0.1) is 6.10 Å². The predicted molar refractivity (Wildman–Crippen MR) is 61.2 cm³/mol. The summed E-state index contributed by atoms with van der Waals surface area (Å²) >= 11 is 0. The topological polar surface area (TPSA) is 21.3 Å². The van der Waals surface area contributed by atoms with Crippen molar-refractivity contribution >= 4 is 0 Å². The van der Waals surface area contributed by atoms with Crippen molar-refractivity contribution in [2.24, 2.45) is 0 Å². The minimum absolute atomic E-state index is 0.322. The van der Waals surface area contributed by atoms with Gasteiger partial charge in [-0.2, -0.15) is 0 Å². The average molecular weight is 197 g/mol. The minimum atomic E-state index is 0.322. The molecular weight excluding hydrogens is 174 g/mol. The van der Waals surface area contributed by atoms with Crippen LogP contribution in [0.15, 0.2) is 0 Å². The summed E-state index contributed by atoms with van der Waals surface area (Å²) in [5.74, 6) is 2.67. The largest absolute Gasteiger partial charge is 0.380 e. The third-order valence-electron chi connectivity index (χ3n) is 2.53. The Morgan fingerprint density at radius 3 is 2.57 bits per heavy atom. The van der Waals surface area contributed by atoms with Gasteiger partial charge in [0.2, 0.25) is 0 Å². The summed E-state index contributed by atoms with van der Waals surface area (Å²) in [5.41, 5.74) is 0. The second-order valence-electron chi connectivity index (χ2n) is 3.55. The molecule has 0 aliphatic carbocycles. The van der Waals surface area contributed by atoms with Crippen LogP contribution in [-0.2, 0) is 4.74 Å². The van der Waals surface area contributed by atoms with Gasteiger partial charge in [0.1, 0.15) is 0 Å². The lowest BCUT2D eigenvalue weighted by Gasteiger charge is -2.25. The van der Waals surface area contributed by atoms with Crippen LogP contribution >= 0.6 is 0 Å². The molecule has 2 atom stereocenters. The second kappa shape index (κ2) is 9.05. The van der Waals surface area contributed by atoms with Gasteiger partial charge in [-0.25, -0.2) is 0 Å². The van der Waals surface area contributed by atoms with E-state index in [4.69, 9.17) is 11.2 Å². The zero-order chi connectivity index (χ0) is 10.8. The summed E-state index contributed by atoms with van der Waals surface area (Å²) in [7, 11) is 3.77. The number of hydrogen-bond acceptors (Lipinski definition) is 2. The SMILES string of the molecule is C#CCCCC(NC)C(CCC)OC. The quantitative estimate of drug-likeness (QED) is 0.476. The maximum Gasteiger partial charge on any atom is 0.0724 e. The lowest BCUT2D eigenvalue weighted by atomic mass is 10.0. The molecule has 2 heteroatoms. The Kier molecular flexibility index (Phi) is 8.72. The lowest BCUT2D eigenvalue weighted by molar-refractivity contribution is 0.0601. The number of likely N-dealkylation sites (N-methyl/N-ethyl adjacent to an activating group) is 1. The summed E-state index contributed by atoms with van der Waals surface area (Å²) < 4.78 is 5.46. The first-order valence-electron chi connectivity index (χ1n) is 5.43. The molecule has 0 spiro atoms. The molecule has 0 amide bonds. The van der Waals surface area contributed by atoms with Gasteiger partial charge in [0.15, 0.2) is 0 Å². The molecule has 0 aromatic heterocycles. The number of rotatable bonds is 8. The van der Waals surface area contributed by atoms with E-state index < -0.39 is 0 Å². The van der Waals surface area contributed by atoms with Gasteiger partial charge < -0.3 is 10.1 Å². The molecule has 82 valence electrons. The Balaban J connectivity index is 3.88. The number of unbranched alkanes of at least 4 members (excludes halogenated alkanes) is 1. The number of nitrogens with one attached hydrogen (secondary N) is 1. The van der Waals surface area contributed by atoms with Crippen LogP contribution in [0.1, 0.15) is 39.0 Å². The molecule has 0 bridgehead atoms. The number of terminal acetylenes is 1. The van der Waals surface area contributed by atoms with Gasteiger partial charge >= 0.3 is 0 Å². The van der Waals surface area contributed by atoms with E-state index in [0.29, 0.717) is 12.1 Å². The molecule has 0 aliphatic heterocycles. The molecule has 0 aromatic carbocycles. The first kappa shape index (κ1) is 13.5. The van der Waals surface area contributed by atoms with Gasteiger partial charge in [-0.3, -0.25) is 0 Å². The van der Waals surface area contributed by atoms with Crippen molar-refractivity contribution in [3.8, 4) is 12.3 Å². The minimum Gasteiger partial charge on any atom is -0.380 e. The Morgan fingerprint density at radius 2 is 2.14 bits per heavy atom. The maximum atomic E-state index is 5.46. The molecule has 0 saturated heterocycles. The van der Waals surface area contributed by atoms with Crippen LogP contribution in [-0.4, -0.2) is 26.3 Å². The van der Waals surface area contributed by atoms with Crippen molar-refractivity contribution in [1.82, 2.24) is 5.32 Å². The Morgan fingerprint density at radius 1 is 1.43 bits per heavy atom. The molecule has 0 aromatic rings. The van der Waals surface area contributed by atoms with Crippen LogP contribution in [0.2, 0.25) is 0 Å². The van der Waals surface area contributed by atoms with E-state index in [9.17, 15) is 0 Å². The predicted octanol–water partition coefficient (Wildman–Crippen LogP) is 2.19. The second-order valence-corrected chi connectivity index (χ2v) is 3.55. The third-order valence-corrected chi connectivity index (χ3v) is 2.53.